The summed E-state index contributed by atoms with van der Waals surface area (Å²) in [4.78, 5) is 49.5. The smallest absolute Gasteiger partial charge is 0.251 e. The van der Waals surface area contributed by atoms with Crippen molar-refractivity contribution < 1.29 is 19.5 Å². The van der Waals surface area contributed by atoms with Crippen molar-refractivity contribution >= 4 is 52.5 Å². The van der Waals surface area contributed by atoms with Gasteiger partial charge >= 0.3 is 0 Å². The molecule has 1 unspecified atom stereocenters. The first kappa shape index (κ1) is 29.8. The van der Waals surface area contributed by atoms with E-state index in [1.54, 1.807) is 26.8 Å². The molecule has 9 heteroatoms. The number of thioether (sulfide) groups is 1. The molecule has 0 saturated carbocycles. The number of nitrogens with zero attached hydrogens (tertiary/aromatic N) is 3. The van der Waals surface area contributed by atoms with Crippen molar-refractivity contribution in [2.45, 2.75) is 34.9 Å². The van der Waals surface area contributed by atoms with Gasteiger partial charge < -0.3 is 19.8 Å². The van der Waals surface area contributed by atoms with Crippen LogP contribution in [0.4, 0.5) is 11.4 Å². The highest BCUT2D eigenvalue weighted by Gasteiger charge is 2.74. The molecule has 1 N–H and O–H groups in total. The molecule has 1 spiro atoms. The molecule has 2 fully saturated rings. The van der Waals surface area contributed by atoms with Crippen LogP contribution in [0.15, 0.2) is 109 Å². The summed E-state index contributed by atoms with van der Waals surface area (Å²) in [5.41, 5.74) is 2.26. The Morgan fingerprint density at radius 3 is 2.18 bits per heavy atom. The Hall–Kier alpha value is -3.85. The lowest BCUT2D eigenvalue weighted by Crippen LogP contribution is -2.57. The summed E-state index contributed by atoms with van der Waals surface area (Å²) >= 11 is 8.15. The Labute approximate surface area is 272 Å². The number of carbonyl (C=O) groups excluding carboxylic acids is 3. The maximum atomic E-state index is 15.0. The number of anilines is 2. The summed E-state index contributed by atoms with van der Waals surface area (Å²) in [6.45, 7) is 2.33. The average molecular weight is 640 g/mol. The SMILES string of the molecule is C[C@]12C=CCN(c3ccccc3)C(=O)[C@H]1[C@H]1C(=O)N([C@@H](CO)Cc3ccccc3)C3C(=O)N(c4ccccc4Cl)CC=C[C@@]31S2. The van der Waals surface area contributed by atoms with Crippen LogP contribution in [0.1, 0.15) is 12.5 Å². The van der Waals surface area contributed by atoms with Crippen LogP contribution in [0.25, 0.3) is 0 Å². The fourth-order valence-electron chi connectivity index (χ4n) is 7.72. The van der Waals surface area contributed by atoms with Crippen molar-refractivity contribution in [1.82, 2.24) is 4.90 Å². The van der Waals surface area contributed by atoms with E-state index >= 15 is 0 Å². The highest BCUT2D eigenvalue weighted by Crippen LogP contribution is 2.66. The Morgan fingerprint density at radius 1 is 0.822 bits per heavy atom. The van der Waals surface area contributed by atoms with Gasteiger partial charge in [-0.15, -0.1) is 11.8 Å². The molecule has 4 aliphatic heterocycles. The lowest BCUT2D eigenvalue weighted by Gasteiger charge is -2.40. The Kier molecular flexibility index (Phi) is 7.63. The second-order valence-corrected chi connectivity index (χ2v) is 14.5. The van der Waals surface area contributed by atoms with Gasteiger partial charge in [-0.05, 0) is 43.2 Å². The molecule has 0 aromatic heterocycles. The fourth-order valence-corrected chi connectivity index (χ4v) is 10.1. The number of aliphatic hydroxyl groups excluding tert-OH is 1. The number of aliphatic hydroxyl groups is 1. The van der Waals surface area contributed by atoms with Crippen molar-refractivity contribution in [2.24, 2.45) is 11.8 Å². The van der Waals surface area contributed by atoms with Crippen LogP contribution in [-0.2, 0) is 20.8 Å². The first-order chi connectivity index (χ1) is 21.8. The van der Waals surface area contributed by atoms with E-state index in [2.05, 4.69) is 0 Å². The lowest BCUT2D eigenvalue weighted by molar-refractivity contribution is -0.142. The number of fused-ring (bicyclic) bond motifs is 2. The van der Waals surface area contributed by atoms with Gasteiger partial charge in [0.1, 0.15) is 6.04 Å². The van der Waals surface area contributed by atoms with Gasteiger partial charge in [0.15, 0.2) is 0 Å². The predicted octanol–water partition coefficient (Wildman–Crippen LogP) is 5.14. The van der Waals surface area contributed by atoms with Crippen molar-refractivity contribution in [3.63, 3.8) is 0 Å². The molecule has 3 aromatic carbocycles. The van der Waals surface area contributed by atoms with Gasteiger partial charge in [0.05, 0.1) is 39.9 Å². The zero-order chi connectivity index (χ0) is 31.3. The van der Waals surface area contributed by atoms with Crippen LogP contribution in [-0.4, -0.2) is 69.0 Å². The monoisotopic (exact) mass is 639 g/mol. The van der Waals surface area contributed by atoms with Crippen LogP contribution >= 0.6 is 23.4 Å². The Balaban J connectivity index is 1.38. The summed E-state index contributed by atoms with van der Waals surface area (Å²) in [5, 5.41) is 11.2. The minimum Gasteiger partial charge on any atom is -0.394 e. The van der Waals surface area contributed by atoms with Gasteiger partial charge in [-0.2, -0.15) is 0 Å². The lowest BCUT2D eigenvalue weighted by atomic mass is 9.74. The molecule has 7 nitrogen and oxygen atoms in total. The molecule has 6 atom stereocenters. The molecule has 0 aliphatic carbocycles. The molecule has 4 heterocycles. The van der Waals surface area contributed by atoms with Crippen molar-refractivity contribution in [3.8, 4) is 0 Å². The number of hydrogen-bond donors (Lipinski definition) is 1. The van der Waals surface area contributed by atoms with E-state index < -0.39 is 33.4 Å². The standard InChI is InChI=1S/C36H34ClN3O4S/c1-35-18-10-20-38(25-14-6-3-7-15-25)32(42)29(35)30-33(43)40(26(23-41)22-24-12-4-2-5-13-24)31-34(44)39(21-11-19-36(30,31)45-35)28-17-9-8-16-27(28)37/h2-19,26,29-31,41H,20-23H2,1H3/t26-,29-,30+,31?,35+,36+/m1/s1. The molecular formula is C36H34ClN3O4S. The van der Waals surface area contributed by atoms with Gasteiger partial charge in [0.25, 0.3) is 5.91 Å². The highest BCUT2D eigenvalue weighted by molar-refractivity contribution is 8.02. The number of hydrogen-bond acceptors (Lipinski definition) is 5. The number of amides is 3. The van der Waals surface area contributed by atoms with E-state index in [-0.39, 0.29) is 30.9 Å². The van der Waals surface area contributed by atoms with E-state index in [4.69, 9.17) is 11.6 Å². The van der Waals surface area contributed by atoms with Crippen LogP contribution in [0.3, 0.4) is 0 Å². The van der Waals surface area contributed by atoms with Gasteiger partial charge in [-0.3, -0.25) is 14.4 Å². The zero-order valence-electron chi connectivity index (χ0n) is 24.8. The minimum atomic E-state index is -1.05. The molecule has 7 rings (SSSR count). The largest absolute Gasteiger partial charge is 0.394 e. The second-order valence-electron chi connectivity index (χ2n) is 12.3. The summed E-state index contributed by atoms with van der Waals surface area (Å²) in [6.07, 6.45) is 8.33. The van der Waals surface area contributed by atoms with Gasteiger partial charge in [-0.1, -0.05) is 96.6 Å². The zero-order valence-corrected chi connectivity index (χ0v) is 26.4. The highest BCUT2D eigenvalue weighted by atomic mass is 35.5. The van der Waals surface area contributed by atoms with Crippen LogP contribution < -0.4 is 9.80 Å². The normalized spacial score (nSPS) is 29.7. The number of carbonyl (C=O) groups is 3. The van der Waals surface area contributed by atoms with Crippen molar-refractivity contribution in [2.75, 3.05) is 29.5 Å². The van der Waals surface area contributed by atoms with Gasteiger partial charge in [0.2, 0.25) is 11.8 Å². The molecule has 2 saturated heterocycles. The van der Waals surface area contributed by atoms with E-state index in [9.17, 15) is 19.5 Å². The third-order valence-corrected chi connectivity index (χ3v) is 11.7. The third-order valence-electron chi connectivity index (χ3n) is 9.62. The minimum absolute atomic E-state index is 0.145. The number of benzene rings is 3. The maximum Gasteiger partial charge on any atom is 0.251 e. The quantitative estimate of drug-likeness (QED) is 0.378. The van der Waals surface area contributed by atoms with E-state index in [0.29, 0.717) is 23.7 Å². The Morgan fingerprint density at radius 2 is 1.47 bits per heavy atom. The van der Waals surface area contributed by atoms with Crippen LogP contribution in [0, 0.1) is 11.8 Å². The predicted molar refractivity (Wildman–Crippen MR) is 178 cm³/mol. The number of rotatable bonds is 6. The molecule has 3 amide bonds. The molecule has 230 valence electrons. The van der Waals surface area contributed by atoms with E-state index in [1.807, 2.05) is 104 Å². The first-order valence-electron chi connectivity index (χ1n) is 15.2. The van der Waals surface area contributed by atoms with Gasteiger partial charge in [-0.25, -0.2) is 0 Å². The summed E-state index contributed by atoms with van der Waals surface area (Å²) in [6, 6.07) is 24.7. The number of halogens is 1. The summed E-state index contributed by atoms with van der Waals surface area (Å²) in [7, 11) is 0. The van der Waals surface area contributed by atoms with E-state index in [0.717, 1.165) is 11.3 Å². The molecule has 4 aliphatic rings. The van der Waals surface area contributed by atoms with Crippen molar-refractivity contribution in [3.05, 3.63) is 120 Å². The number of likely N-dealkylation sites (tertiary alicyclic amines) is 1. The molecular weight excluding hydrogens is 606 g/mol. The van der Waals surface area contributed by atoms with Crippen LogP contribution in [0.5, 0.6) is 0 Å². The average Bonchev–Trinajstić information content (AvgIpc) is 3.32. The first-order valence-corrected chi connectivity index (χ1v) is 16.4. The second kappa shape index (κ2) is 11.5. The fraction of sp³-hybridized carbons (Fsp3) is 0.306. The third kappa shape index (κ3) is 4.73. The molecule has 3 aromatic rings. The van der Waals surface area contributed by atoms with E-state index in [1.165, 1.54) is 11.8 Å². The molecule has 0 bridgehead atoms. The molecule has 0 radical (unpaired) electrons. The molecule has 45 heavy (non-hydrogen) atoms. The summed E-state index contributed by atoms with van der Waals surface area (Å²) in [5.74, 6) is -2.27. The topological polar surface area (TPSA) is 81.2 Å². The van der Waals surface area contributed by atoms with Crippen molar-refractivity contribution in [1.29, 1.82) is 0 Å². The number of para-hydroxylation sites is 2. The Bertz CT molecular complexity index is 1700. The summed E-state index contributed by atoms with van der Waals surface area (Å²) < 4.78 is -1.79. The van der Waals surface area contributed by atoms with Crippen LogP contribution in [0.2, 0.25) is 5.02 Å². The van der Waals surface area contributed by atoms with Gasteiger partial charge in [0, 0.05) is 23.5 Å². The maximum absolute atomic E-state index is 15.0.